The van der Waals surface area contributed by atoms with Gasteiger partial charge in [-0.3, -0.25) is 19.1 Å². The van der Waals surface area contributed by atoms with Crippen LogP contribution in [-0.2, 0) is 11.3 Å². The highest BCUT2D eigenvalue weighted by atomic mass is 16.5. The lowest BCUT2D eigenvalue weighted by atomic mass is 9.93. The number of pyridine rings is 1. The lowest BCUT2D eigenvalue weighted by molar-refractivity contribution is 0.0300. The van der Waals surface area contributed by atoms with Gasteiger partial charge in [-0.15, -0.1) is 0 Å². The van der Waals surface area contributed by atoms with Gasteiger partial charge in [-0.1, -0.05) is 0 Å². The van der Waals surface area contributed by atoms with Crippen LogP contribution in [0.5, 0.6) is 0 Å². The molecule has 0 spiro atoms. The van der Waals surface area contributed by atoms with Gasteiger partial charge in [0.15, 0.2) is 11.3 Å². The molecule has 0 atom stereocenters. The molecule has 0 bridgehead atoms. The number of fused-ring (bicyclic) bond motifs is 1. The van der Waals surface area contributed by atoms with Crippen molar-refractivity contribution >= 4 is 11.6 Å². The molecule has 3 aromatic heterocycles. The van der Waals surface area contributed by atoms with Crippen LogP contribution in [0.3, 0.4) is 0 Å². The van der Waals surface area contributed by atoms with Crippen molar-refractivity contribution < 1.29 is 9.53 Å². The number of aromatic nitrogens is 4. The summed E-state index contributed by atoms with van der Waals surface area (Å²) in [6.45, 7) is 5.42. The molecule has 8 nitrogen and oxygen atoms in total. The van der Waals surface area contributed by atoms with E-state index in [4.69, 9.17) is 4.74 Å². The predicted molar refractivity (Wildman–Crippen MR) is 111 cm³/mol. The van der Waals surface area contributed by atoms with E-state index in [2.05, 4.69) is 38.1 Å². The number of morpholine rings is 1. The third-order valence-corrected chi connectivity index (χ3v) is 6.12. The van der Waals surface area contributed by atoms with Gasteiger partial charge >= 0.3 is 0 Å². The Balaban J connectivity index is 1.31. The van der Waals surface area contributed by atoms with Gasteiger partial charge in [0, 0.05) is 49.8 Å². The summed E-state index contributed by atoms with van der Waals surface area (Å²) >= 11 is 0. The highest BCUT2D eigenvalue weighted by Gasteiger charge is 2.26. The molecule has 3 aromatic rings. The fourth-order valence-electron chi connectivity index (χ4n) is 4.45. The van der Waals surface area contributed by atoms with Crippen molar-refractivity contribution in [1.29, 1.82) is 0 Å². The van der Waals surface area contributed by atoms with E-state index < -0.39 is 0 Å². The molecule has 1 amide bonds. The number of piperidine rings is 1. The van der Waals surface area contributed by atoms with Gasteiger partial charge in [0.25, 0.3) is 5.91 Å². The Morgan fingerprint density at radius 3 is 2.53 bits per heavy atom. The van der Waals surface area contributed by atoms with E-state index >= 15 is 0 Å². The van der Waals surface area contributed by atoms with Gasteiger partial charge in [0.2, 0.25) is 0 Å². The van der Waals surface area contributed by atoms with Crippen LogP contribution in [0.15, 0.2) is 43.1 Å². The largest absolute Gasteiger partial charge is 0.378 e. The molecule has 0 saturated carbocycles. The molecule has 8 heteroatoms. The van der Waals surface area contributed by atoms with Crippen molar-refractivity contribution in [3.05, 3.63) is 60.1 Å². The van der Waals surface area contributed by atoms with Crippen LogP contribution in [0.1, 0.15) is 40.5 Å². The molecule has 2 aliphatic rings. The lowest BCUT2D eigenvalue weighted by Crippen LogP contribution is -2.41. The minimum absolute atomic E-state index is 0.0578. The first-order valence-corrected chi connectivity index (χ1v) is 10.6. The number of hydrogen-bond acceptors (Lipinski definition) is 6. The molecule has 0 radical (unpaired) electrons. The summed E-state index contributed by atoms with van der Waals surface area (Å²) in [5.41, 5.74) is 3.59. The van der Waals surface area contributed by atoms with Crippen molar-refractivity contribution in [1.82, 2.24) is 29.2 Å². The molecule has 0 N–H and O–H groups in total. The maximum Gasteiger partial charge on any atom is 0.276 e. The molecular weight excluding hydrogens is 380 g/mol. The molecule has 5 heterocycles. The minimum Gasteiger partial charge on any atom is -0.378 e. The Morgan fingerprint density at radius 2 is 1.77 bits per heavy atom. The third-order valence-electron chi connectivity index (χ3n) is 6.12. The second kappa shape index (κ2) is 8.49. The number of carbonyl (C=O) groups excluding carboxylic acids is 1. The number of carbonyl (C=O) groups is 1. The van der Waals surface area contributed by atoms with Crippen molar-refractivity contribution in [2.75, 3.05) is 39.4 Å². The molecule has 0 aromatic carbocycles. The molecule has 156 valence electrons. The molecule has 0 unspecified atom stereocenters. The van der Waals surface area contributed by atoms with Crippen LogP contribution in [0.25, 0.3) is 5.65 Å². The number of amides is 1. The summed E-state index contributed by atoms with van der Waals surface area (Å²) in [5.74, 6) is 0.377. The summed E-state index contributed by atoms with van der Waals surface area (Å²) in [6, 6.07) is 6.23. The first kappa shape index (κ1) is 19.1. The topological polar surface area (TPSA) is 75.9 Å². The van der Waals surface area contributed by atoms with Crippen LogP contribution >= 0.6 is 0 Å². The highest BCUT2D eigenvalue weighted by Crippen LogP contribution is 2.29. The zero-order valence-corrected chi connectivity index (χ0v) is 17.0. The minimum atomic E-state index is -0.0578. The van der Waals surface area contributed by atoms with Gasteiger partial charge in [-0.05, 0) is 49.7 Å². The Labute approximate surface area is 175 Å². The second-order valence-corrected chi connectivity index (χ2v) is 7.97. The van der Waals surface area contributed by atoms with E-state index in [1.807, 2.05) is 23.0 Å². The number of rotatable bonds is 4. The number of ether oxygens (including phenoxy) is 1. The fraction of sp³-hybridized carbons (Fsp3) is 0.455. The summed E-state index contributed by atoms with van der Waals surface area (Å²) in [6.07, 6.45) is 9.43. The van der Waals surface area contributed by atoms with Gasteiger partial charge in [0.05, 0.1) is 13.2 Å². The van der Waals surface area contributed by atoms with E-state index in [0.717, 1.165) is 32.5 Å². The Morgan fingerprint density at radius 1 is 1.00 bits per heavy atom. The van der Waals surface area contributed by atoms with Gasteiger partial charge in [-0.2, -0.15) is 0 Å². The molecule has 0 aliphatic carbocycles. The predicted octanol–water partition coefficient (Wildman–Crippen LogP) is 1.98. The normalized spacial score (nSPS) is 18.7. The molecule has 2 aliphatic heterocycles. The zero-order valence-electron chi connectivity index (χ0n) is 17.0. The summed E-state index contributed by atoms with van der Waals surface area (Å²) in [7, 11) is 0. The van der Waals surface area contributed by atoms with Crippen LogP contribution in [-0.4, -0.2) is 74.5 Å². The smallest absolute Gasteiger partial charge is 0.276 e. The molecule has 5 rings (SSSR count). The van der Waals surface area contributed by atoms with Crippen molar-refractivity contribution in [2.45, 2.75) is 25.3 Å². The maximum absolute atomic E-state index is 12.9. The van der Waals surface area contributed by atoms with Crippen LogP contribution < -0.4 is 0 Å². The Hall–Kier alpha value is -2.84. The molecular formula is C22H26N6O2. The second-order valence-electron chi connectivity index (χ2n) is 7.97. The van der Waals surface area contributed by atoms with Gasteiger partial charge in [-0.25, -0.2) is 9.97 Å². The van der Waals surface area contributed by atoms with E-state index in [1.54, 1.807) is 11.2 Å². The highest BCUT2D eigenvalue weighted by molar-refractivity contribution is 5.98. The average Bonchev–Trinajstić information content (AvgIpc) is 3.25. The average molecular weight is 406 g/mol. The number of likely N-dealkylation sites (tertiary alicyclic amines) is 1. The van der Waals surface area contributed by atoms with Gasteiger partial charge < -0.3 is 9.64 Å². The molecule has 30 heavy (non-hydrogen) atoms. The van der Waals surface area contributed by atoms with Crippen LogP contribution in [0, 0.1) is 0 Å². The quantitative estimate of drug-likeness (QED) is 0.660. The molecule has 2 fully saturated rings. The van der Waals surface area contributed by atoms with Crippen molar-refractivity contribution in [2.24, 2.45) is 0 Å². The Bertz CT molecular complexity index is 1010. The number of imidazole rings is 1. The van der Waals surface area contributed by atoms with E-state index in [9.17, 15) is 4.79 Å². The maximum atomic E-state index is 12.9. The summed E-state index contributed by atoms with van der Waals surface area (Å²) in [5, 5.41) is 0. The lowest BCUT2D eigenvalue weighted by Gasteiger charge is -2.32. The SMILES string of the molecule is O=C(c1ncn2c(C3CCN(Cc4ccncc4)CC3)ccnc12)N1CCOCC1. The van der Waals surface area contributed by atoms with Crippen LogP contribution in [0.2, 0.25) is 0 Å². The van der Waals surface area contributed by atoms with Crippen molar-refractivity contribution in [3.63, 3.8) is 0 Å². The zero-order chi connectivity index (χ0) is 20.3. The van der Waals surface area contributed by atoms with E-state index in [0.29, 0.717) is 43.6 Å². The molecule has 2 saturated heterocycles. The standard InChI is InChI=1S/C22H26N6O2/c29-22(27-11-13-30-14-12-27)20-21-24-8-3-19(28(21)16-25-20)18-4-9-26(10-5-18)15-17-1-6-23-7-2-17/h1-3,6-8,16,18H,4-5,9-15H2. The fourth-order valence-corrected chi connectivity index (χ4v) is 4.45. The van der Waals surface area contributed by atoms with Crippen LogP contribution in [0.4, 0.5) is 0 Å². The van der Waals surface area contributed by atoms with Gasteiger partial charge in [0.1, 0.15) is 6.33 Å². The first-order chi connectivity index (χ1) is 14.8. The van der Waals surface area contributed by atoms with E-state index in [1.165, 1.54) is 11.3 Å². The number of nitrogens with zero attached hydrogens (tertiary/aromatic N) is 6. The monoisotopic (exact) mass is 406 g/mol. The Kier molecular flexibility index (Phi) is 5.42. The summed E-state index contributed by atoms with van der Waals surface area (Å²) < 4.78 is 7.37. The first-order valence-electron chi connectivity index (χ1n) is 10.6. The van der Waals surface area contributed by atoms with E-state index in [-0.39, 0.29) is 5.91 Å². The van der Waals surface area contributed by atoms with Crippen molar-refractivity contribution in [3.8, 4) is 0 Å². The number of hydrogen-bond donors (Lipinski definition) is 0. The third kappa shape index (κ3) is 3.80. The summed E-state index contributed by atoms with van der Waals surface area (Å²) in [4.78, 5) is 30.3.